The first kappa shape index (κ1) is 30.4. The first-order valence-electron chi connectivity index (χ1n) is 11.6. The van der Waals surface area contributed by atoms with Crippen LogP contribution in [0.25, 0.3) is 0 Å². The van der Waals surface area contributed by atoms with Gasteiger partial charge >= 0.3 is 24.3 Å². The van der Waals surface area contributed by atoms with Crippen LogP contribution in [0, 0.1) is 35.1 Å². The van der Waals surface area contributed by atoms with Crippen molar-refractivity contribution in [3.8, 4) is 17.2 Å². The van der Waals surface area contributed by atoms with Gasteiger partial charge in [0, 0.05) is 24.3 Å². The van der Waals surface area contributed by atoms with Gasteiger partial charge in [0.15, 0.2) is 11.6 Å². The van der Waals surface area contributed by atoms with Gasteiger partial charge in [-0.25, -0.2) is 17.6 Å². The van der Waals surface area contributed by atoms with E-state index in [-0.39, 0.29) is 43.0 Å². The summed E-state index contributed by atoms with van der Waals surface area (Å²) < 4.78 is 164. The van der Waals surface area contributed by atoms with Crippen molar-refractivity contribution in [1.82, 2.24) is 0 Å². The van der Waals surface area contributed by atoms with E-state index >= 15 is 0 Å². The molecule has 0 bridgehead atoms. The number of halogens is 11. The molecule has 0 spiro atoms. The Bertz CT molecular complexity index is 1160. The highest BCUT2D eigenvalue weighted by Gasteiger charge is 2.45. The highest BCUT2D eigenvalue weighted by molar-refractivity contribution is 5.37. The molecule has 0 saturated heterocycles. The van der Waals surface area contributed by atoms with Crippen LogP contribution in [-0.2, 0) is 6.11 Å². The van der Waals surface area contributed by atoms with Crippen LogP contribution in [0.2, 0.25) is 0 Å². The van der Waals surface area contributed by atoms with Gasteiger partial charge in [0.1, 0.15) is 28.7 Å². The molecule has 0 heterocycles. The molecule has 216 valence electrons. The van der Waals surface area contributed by atoms with Gasteiger partial charge in [-0.1, -0.05) is 19.8 Å². The number of alkyl halides is 4. The molecule has 0 unspecified atom stereocenters. The summed E-state index contributed by atoms with van der Waals surface area (Å²) in [5, 5.41) is 0. The zero-order valence-electron chi connectivity index (χ0n) is 20.1. The summed E-state index contributed by atoms with van der Waals surface area (Å²) in [6.07, 6.45) is -8.92. The lowest BCUT2D eigenvalue weighted by molar-refractivity contribution is -0.223. The molecule has 1 fully saturated rings. The van der Waals surface area contributed by atoms with Crippen molar-refractivity contribution in [3.05, 3.63) is 65.2 Å². The summed E-state index contributed by atoms with van der Waals surface area (Å²) in [5.74, 6) is -13.3. The molecule has 3 nitrogen and oxygen atoms in total. The summed E-state index contributed by atoms with van der Waals surface area (Å²) in [5.41, 5.74) is -2.10. The van der Waals surface area contributed by atoms with Gasteiger partial charge in [-0.05, 0) is 31.6 Å². The Kier molecular flexibility index (Phi) is 9.27. The minimum atomic E-state index is -4.97. The average Bonchev–Trinajstić information content (AvgIpc) is 2.80. The third kappa shape index (κ3) is 7.27. The Morgan fingerprint density at radius 1 is 0.769 bits per heavy atom. The van der Waals surface area contributed by atoms with Gasteiger partial charge in [0.05, 0.1) is 5.92 Å². The molecule has 14 heteroatoms. The minimum absolute atomic E-state index is 0.0567. The van der Waals surface area contributed by atoms with E-state index in [4.69, 9.17) is 0 Å². The normalized spacial score (nSPS) is 18.1. The first-order chi connectivity index (χ1) is 18.1. The van der Waals surface area contributed by atoms with Crippen LogP contribution in [0.15, 0.2) is 36.4 Å². The summed E-state index contributed by atoms with van der Waals surface area (Å²) in [6.45, 7) is 1.97. The fourth-order valence-electron chi connectivity index (χ4n) is 4.34. The molecule has 0 aromatic heterocycles. The topological polar surface area (TPSA) is 27.7 Å². The summed E-state index contributed by atoms with van der Waals surface area (Å²) in [6, 6.07) is -2.64. The van der Waals surface area contributed by atoms with Crippen molar-refractivity contribution in [2.24, 2.45) is 11.8 Å². The number of benzene rings is 2. The maximum atomic E-state index is 14.6. The van der Waals surface area contributed by atoms with E-state index in [9.17, 15) is 48.3 Å². The molecule has 1 saturated carbocycles. The molecular weight excluding hydrogens is 557 g/mol. The van der Waals surface area contributed by atoms with Gasteiger partial charge in [-0.15, -0.1) is 0 Å². The molecule has 1 aliphatic carbocycles. The standard InChI is InChI=1S/C25H21F11O3/c1-2-3-12-4-6-13(7-5-12)24(33,34)38-14-8-16(26)20(17(27)9-14)25(35,36)39-15-10-18(28)21(19(29)11-15)37-23(32)22(30)31/h8-13H,2-7H2,1H3. The quantitative estimate of drug-likeness (QED) is 0.208. The number of hydrogen-bond donors (Lipinski definition) is 0. The lowest BCUT2D eigenvalue weighted by Crippen LogP contribution is -2.37. The molecule has 0 amide bonds. The Balaban J connectivity index is 1.78. The average molecular weight is 578 g/mol. The minimum Gasteiger partial charge on any atom is -0.432 e. The summed E-state index contributed by atoms with van der Waals surface area (Å²) >= 11 is 0. The monoisotopic (exact) mass is 578 g/mol. The van der Waals surface area contributed by atoms with E-state index in [0.717, 1.165) is 12.8 Å². The molecule has 0 aliphatic heterocycles. The predicted octanol–water partition coefficient (Wildman–Crippen LogP) is 9.36. The molecule has 2 aromatic carbocycles. The van der Waals surface area contributed by atoms with E-state index in [1.54, 1.807) is 0 Å². The van der Waals surface area contributed by atoms with E-state index < -0.39 is 76.3 Å². The van der Waals surface area contributed by atoms with Crippen molar-refractivity contribution < 1.29 is 62.5 Å². The van der Waals surface area contributed by atoms with Gasteiger partial charge in [-0.2, -0.15) is 30.7 Å². The summed E-state index contributed by atoms with van der Waals surface area (Å²) in [4.78, 5) is 0. The molecule has 3 rings (SSSR count). The van der Waals surface area contributed by atoms with Gasteiger partial charge in [0.2, 0.25) is 5.75 Å². The second kappa shape index (κ2) is 11.9. The third-order valence-electron chi connectivity index (χ3n) is 6.14. The summed E-state index contributed by atoms with van der Waals surface area (Å²) in [7, 11) is 0. The second-order valence-electron chi connectivity index (χ2n) is 8.90. The lowest BCUT2D eigenvalue weighted by Gasteiger charge is -2.33. The van der Waals surface area contributed by atoms with Gasteiger partial charge in [0.25, 0.3) is 0 Å². The molecule has 0 N–H and O–H groups in total. The van der Waals surface area contributed by atoms with Crippen molar-refractivity contribution in [2.45, 2.75) is 57.7 Å². The Labute approximate surface area is 215 Å². The molecule has 0 atom stereocenters. The number of ether oxygens (including phenoxy) is 3. The largest absolute Gasteiger partial charge is 0.432 e. The van der Waals surface area contributed by atoms with Crippen LogP contribution in [-0.4, -0.2) is 6.11 Å². The van der Waals surface area contributed by atoms with Crippen LogP contribution in [0.5, 0.6) is 17.2 Å². The Hall–Kier alpha value is -3.19. The highest BCUT2D eigenvalue weighted by atomic mass is 19.3. The van der Waals surface area contributed by atoms with Crippen LogP contribution in [0.1, 0.15) is 51.0 Å². The Morgan fingerprint density at radius 2 is 1.26 bits per heavy atom. The van der Waals surface area contributed by atoms with Gasteiger partial charge < -0.3 is 14.2 Å². The second-order valence-corrected chi connectivity index (χ2v) is 8.90. The van der Waals surface area contributed by atoms with Crippen molar-refractivity contribution >= 4 is 0 Å². The maximum absolute atomic E-state index is 14.6. The molecule has 39 heavy (non-hydrogen) atoms. The zero-order chi connectivity index (χ0) is 29.1. The number of rotatable bonds is 10. The molecule has 0 radical (unpaired) electrons. The smallest absolute Gasteiger partial charge is 0.432 e. The maximum Gasteiger partial charge on any atom is 0.432 e. The van der Waals surface area contributed by atoms with Crippen molar-refractivity contribution in [2.75, 3.05) is 0 Å². The highest BCUT2D eigenvalue weighted by Crippen LogP contribution is 2.43. The van der Waals surface area contributed by atoms with Gasteiger partial charge in [-0.3, -0.25) is 0 Å². The zero-order valence-corrected chi connectivity index (χ0v) is 20.1. The van der Waals surface area contributed by atoms with Crippen LogP contribution >= 0.6 is 0 Å². The van der Waals surface area contributed by atoms with E-state index in [1.165, 1.54) is 0 Å². The Morgan fingerprint density at radius 3 is 1.74 bits per heavy atom. The lowest BCUT2D eigenvalue weighted by atomic mass is 9.79. The van der Waals surface area contributed by atoms with Crippen LogP contribution in [0.4, 0.5) is 48.3 Å². The predicted molar refractivity (Wildman–Crippen MR) is 114 cm³/mol. The van der Waals surface area contributed by atoms with E-state index in [0.29, 0.717) is 12.8 Å². The third-order valence-corrected chi connectivity index (χ3v) is 6.14. The van der Waals surface area contributed by atoms with Crippen molar-refractivity contribution in [1.29, 1.82) is 0 Å². The fourth-order valence-corrected chi connectivity index (χ4v) is 4.34. The van der Waals surface area contributed by atoms with E-state index in [1.807, 2.05) is 6.92 Å². The fraction of sp³-hybridized carbons (Fsp3) is 0.440. The van der Waals surface area contributed by atoms with Crippen molar-refractivity contribution in [3.63, 3.8) is 0 Å². The molecular formula is C25H21F11O3. The molecule has 1 aliphatic rings. The molecule has 2 aromatic rings. The van der Waals surface area contributed by atoms with Crippen LogP contribution < -0.4 is 14.2 Å². The van der Waals surface area contributed by atoms with E-state index in [2.05, 4.69) is 14.2 Å². The number of hydrogen-bond acceptors (Lipinski definition) is 3. The van der Waals surface area contributed by atoms with Crippen LogP contribution in [0.3, 0.4) is 0 Å². The SMILES string of the molecule is CCCC1CCC(C(F)(F)Oc2cc(F)c(C(F)(F)Oc3cc(F)c(OC(F)=C(F)F)c(F)c3)c(F)c2)CC1. The first-order valence-corrected chi connectivity index (χ1v) is 11.6.